The number of benzene rings is 1. The third-order valence-electron chi connectivity index (χ3n) is 5.00. The molecular formula is C22H20N6O3. The number of nitrogens with one attached hydrogen (secondary N) is 1. The van der Waals surface area contributed by atoms with Gasteiger partial charge in [0, 0.05) is 31.1 Å². The van der Waals surface area contributed by atoms with Crippen molar-refractivity contribution in [3.8, 4) is 34.6 Å². The number of aromatic amines is 1. The molecule has 2 amide bonds. The van der Waals surface area contributed by atoms with Gasteiger partial charge in [-0.05, 0) is 31.2 Å². The number of aromatic nitrogens is 4. The van der Waals surface area contributed by atoms with Crippen LogP contribution in [0.15, 0.2) is 36.4 Å². The summed E-state index contributed by atoms with van der Waals surface area (Å²) in [6.45, 7) is 2.29. The third-order valence-corrected chi connectivity index (χ3v) is 5.00. The van der Waals surface area contributed by atoms with Crippen LogP contribution in [0.1, 0.15) is 28.2 Å². The van der Waals surface area contributed by atoms with E-state index in [9.17, 15) is 14.7 Å². The summed E-state index contributed by atoms with van der Waals surface area (Å²) in [4.78, 5) is 34.2. The van der Waals surface area contributed by atoms with Gasteiger partial charge in [-0.25, -0.2) is 9.97 Å². The smallest absolute Gasteiger partial charge is 0.267 e. The second-order valence-corrected chi connectivity index (χ2v) is 7.42. The fourth-order valence-electron chi connectivity index (χ4n) is 3.27. The van der Waals surface area contributed by atoms with Gasteiger partial charge in [-0.2, -0.15) is 5.10 Å². The Labute approximate surface area is 178 Å². The lowest BCUT2D eigenvalue weighted by molar-refractivity contribution is -0.137. The highest BCUT2D eigenvalue weighted by Gasteiger charge is 2.42. The molecule has 3 heterocycles. The van der Waals surface area contributed by atoms with Crippen LogP contribution in [-0.4, -0.2) is 61.2 Å². The maximum absolute atomic E-state index is 12.1. The van der Waals surface area contributed by atoms with E-state index in [1.807, 2.05) is 6.92 Å². The summed E-state index contributed by atoms with van der Waals surface area (Å²) in [5.74, 6) is 4.76. The van der Waals surface area contributed by atoms with E-state index < -0.39 is 17.4 Å². The molecule has 1 atom stereocenters. The Morgan fingerprint density at radius 3 is 2.74 bits per heavy atom. The molecule has 0 spiro atoms. The normalized spacial score (nSPS) is 18.0. The average Bonchev–Trinajstić information content (AvgIpc) is 3.31. The largest absolute Gasteiger partial charge is 0.369 e. The molecule has 156 valence electrons. The van der Waals surface area contributed by atoms with Gasteiger partial charge in [0.25, 0.3) is 11.8 Å². The van der Waals surface area contributed by atoms with Gasteiger partial charge in [0.15, 0.2) is 5.82 Å². The Bertz CT molecular complexity index is 1260. The second kappa shape index (κ2) is 7.66. The topological polar surface area (TPSA) is 138 Å². The van der Waals surface area contributed by atoms with Crippen molar-refractivity contribution in [2.24, 2.45) is 5.73 Å². The molecule has 0 aliphatic carbocycles. The number of hydrogen-bond acceptors (Lipinski definition) is 6. The van der Waals surface area contributed by atoms with Crippen molar-refractivity contribution in [1.82, 2.24) is 25.1 Å². The quantitative estimate of drug-likeness (QED) is 0.542. The number of nitrogens with two attached hydrogens (primary N) is 1. The van der Waals surface area contributed by atoms with Gasteiger partial charge >= 0.3 is 0 Å². The molecule has 1 fully saturated rings. The number of primary amides is 1. The van der Waals surface area contributed by atoms with Gasteiger partial charge in [-0.3, -0.25) is 14.7 Å². The van der Waals surface area contributed by atoms with E-state index in [0.717, 1.165) is 5.69 Å². The first-order valence-corrected chi connectivity index (χ1v) is 9.58. The lowest BCUT2D eigenvalue weighted by Crippen LogP contribution is -2.37. The lowest BCUT2D eigenvalue weighted by Gasteiger charge is -2.13. The van der Waals surface area contributed by atoms with Crippen LogP contribution in [-0.2, 0) is 4.79 Å². The number of carbonyl (C=O) groups excluding carboxylic acids is 2. The molecule has 2 aromatic heterocycles. The van der Waals surface area contributed by atoms with Crippen molar-refractivity contribution >= 4 is 11.8 Å². The number of likely N-dealkylation sites (N-methyl/N-ethyl adjacent to an activating group) is 1. The molecule has 1 aliphatic rings. The average molecular weight is 416 g/mol. The van der Waals surface area contributed by atoms with Gasteiger partial charge in [0.2, 0.25) is 5.60 Å². The molecule has 0 radical (unpaired) electrons. The number of amides is 2. The first-order chi connectivity index (χ1) is 14.7. The van der Waals surface area contributed by atoms with Gasteiger partial charge in [-0.1, -0.05) is 24.0 Å². The Balaban J connectivity index is 1.73. The fraction of sp³-hybridized carbons (Fsp3) is 0.227. The van der Waals surface area contributed by atoms with Crippen molar-refractivity contribution in [3.63, 3.8) is 0 Å². The van der Waals surface area contributed by atoms with Gasteiger partial charge < -0.3 is 15.7 Å². The predicted molar refractivity (Wildman–Crippen MR) is 112 cm³/mol. The number of likely N-dealkylation sites (tertiary alicyclic amines) is 1. The molecular weight excluding hydrogens is 396 g/mol. The minimum atomic E-state index is -1.68. The van der Waals surface area contributed by atoms with E-state index in [4.69, 9.17) is 5.73 Å². The van der Waals surface area contributed by atoms with E-state index in [-0.39, 0.29) is 17.9 Å². The molecule has 1 aromatic carbocycles. The molecule has 0 unspecified atom stereocenters. The van der Waals surface area contributed by atoms with Gasteiger partial charge in [-0.15, -0.1) is 0 Å². The first kappa shape index (κ1) is 20.3. The number of aliphatic hydroxyl groups is 1. The van der Waals surface area contributed by atoms with Crippen molar-refractivity contribution in [2.75, 3.05) is 13.6 Å². The summed E-state index contributed by atoms with van der Waals surface area (Å²) >= 11 is 0. The molecule has 3 aromatic rings. The summed E-state index contributed by atoms with van der Waals surface area (Å²) in [7, 11) is 1.63. The van der Waals surface area contributed by atoms with Crippen LogP contribution in [0.3, 0.4) is 0 Å². The van der Waals surface area contributed by atoms with Crippen LogP contribution in [0, 0.1) is 18.8 Å². The maximum atomic E-state index is 12.1. The van der Waals surface area contributed by atoms with Crippen LogP contribution in [0.5, 0.6) is 0 Å². The SMILES string of the molecule is Cc1cc(-c2cc(C(N)=O)nc(-c3cccc(C#C[C@]4(O)CCN(C)C4=O)c3)n2)[nH]n1. The summed E-state index contributed by atoms with van der Waals surface area (Å²) in [5, 5.41) is 17.4. The Kier molecular flexibility index (Phi) is 5.01. The van der Waals surface area contributed by atoms with Gasteiger partial charge in [0.05, 0.1) is 17.1 Å². The zero-order valence-electron chi connectivity index (χ0n) is 17.0. The minimum Gasteiger partial charge on any atom is -0.369 e. The van der Waals surface area contributed by atoms with Crippen LogP contribution < -0.4 is 5.73 Å². The highest BCUT2D eigenvalue weighted by atomic mass is 16.3. The van der Waals surface area contributed by atoms with E-state index >= 15 is 0 Å². The van der Waals surface area contributed by atoms with Crippen LogP contribution in [0.4, 0.5) is 0 Å². The Morgan fingerprint density at radius 1 is 1.29 bits per heavy atom. The summed E-state index contributed by atoms with van der Waals surface area (Å²) in [6.07, 6.45) is 0.256. The summed E-state index contributed by atoms with van der Waals surface area (Å²) in [6, 6.07) is 10.3. The fourth-order valence-corrected chi connectivity index (χ4v) is 3.27. The molecule has 9 nitrogen and oxygen atoms in total. The second-order valence-electron chi connectivity index (χ2n) is 7.42. The molecule has 1 saturated heterocycles. The number of carbonyl (C=O) groups is 2. The Hall–Kier alpha value is -4.03. The van der Waals surface area contributed by atoms with E-state index in [2.05, 4.69) is 32.0 Å². The third kappa shape index (κ3) is 4.01. The van der Waals surface area contributed by atoms with E-state index in [0.29, 0.717) is 29.1 Å². The molecule has 31 heavy (non-hydrogen) atoms. The van der Waals surface area contributed by atoms with Crippen molar-refractivity contribution in [3.05, 3.63) is 53.3 Å². The maximum Gasteiger partial charge on any atom is 0.267 e. The van der Waals surface area contributed by atoms with E-state index in [1.54, 1.807) is 37.4 Å². The Morgan fingerprint density at radius 2 is 2.10 bits per heavy atom. The van der Waals surface area contributed by atoms with Crippen LogP contribution in [0.2, 0.25) is 0 Å². The minimum absolute atomic E-state index is 0.0673. The van der Waals surface area contributed by atoms with Gasteiger partial charge in [0.1, 0.15) is 5.69 Å². The number of H-pyrrole nitrogens is 1. The number of aryl methyl sites for hydroxylation is 1. The zero-order valence-corrected chi connectivity index (χ0v) is 17.0. The van der Waals surface area contributed by atoms with Crippen molar-refractivity contribution in [2.45, 2.75) is 18.9 Å². The van der Waals surface area contributed by atoms with Crippen molar-refractivity contribution in [1.29, 1.82) is 0 Å². The van der Waals surface area contributed by atoms with Crippen LogP contribution in [0.25, 0.3) is 22.8 Å². The van der Waals surface area contributed by atoms with Crippen molar-refractivity contribution < 1.29 is 14.7 Å². The standard InChI is InChI=1S/C22H20N6O3/c1-13-10-17(27-26-13)16-12-18(19(23)29)25-20(24-16)15-5-3-4-14(11-15)6-7-22(31)8-9-28(2)21(22)30/h3-5,10-12,31H,8-9H2,1-2H3,(H2,23,29)(H,26,27)/t22-/m0/s1. The molecule has 0 saturated carbocycles. The predicted octanol–water partition coefficient (Wildman–Crippen LogP) is 0.886. The zero-order chi connectivity index (χ0) is 22.2. The summed E-state index contributed by atoms with van der Waals surface area (Å²) < 4.78 is 0. The molecule has 1 aliphatic heterocycles. The highest BCUT2D eigenvalue weighted by Crippen LogP contribution is 2.23. The summed E-state index contributed by atoms with van der Waals surface area (Å²) in [5.41, 5.74) is 6.90. The molecule has 0 bridgehead atoms. The van der Waals surface area contributed by atoms with Crippen LogP contribution >= 0.6 is 0 Å². The highest BCUT2D eigenvalue weighted by molar-refractivity contribution is 5.92. The number of rotatable bonds is 3. The molecule has 4 N–H and O–H groups in total. The molecule has 9 heteroatoms. The van der Waals surface area contributed by atoms with E-state index in [1.165, 1.54) is 11.0 Å². The lowest BCUT2D eigenvalue weighted by atomic mass is 10.0. The molecule has 4 rings (SSSR count). The first-order valence-electron chi connectivity index (χ1n) is 9.58. The number of nitrogens with zero attached hydrogens (tertiary/aromatic N) is 4. The monoisotopic (exact) mass is 416 g/mol. The number of hydrogen-bond donors (Lipinski definition) is 3.